The van der Waals surface area contributed by atoms with Crippen LogP contribution in [0.25, 0.3) is 0 Å². The van der Waals surface area contributed by atoms with Crippen molar-refractivity contribution < 1.29 is 4.79 Å². The number of imidazole rings is 1. The summed E-state index contributed by atoms with van der Waals surface area (Å²) < 4.78 is 1.48. The Morgan fingerprint density at radius 2 is 2.17 bits per heavy atom. The average Bonchev–Trinajstić information content (AvgIpc) is 2.81. The van der Waals surface area contributed by atoms with Gasteiger partial charge >= 0.3 is 0 Å². The third-order valence-corrected chi connectivity index (χ3v) is 2.99. The number of hydrogen-bond donors (Lipinski definition) is 1. The van der Waals surface area contributed by atoms with Gasteiger partial charge in [-0.1, -0.05) is 29.8 Å². The standard InChI is InChI=1S/C13H14ClN3O/c14-12-4-2-1-3-10(12)7-13(18)17-8-11(5-6-15)16-9-17/h1-4,8-9H,5-7,15H2. The van der Waals surface area contributed by atoms with Crippen LogP contribution in [0.3, 0.4) is 0 Å². The van der Waals surface area contributed by atoms with E-state index in [1.165, 1.54) is 10.9 Å². The molecule has 0 fully saturated rings. The summed E-state index contributed by atoms with van der Waals surface area (Å²) in [6, 6.07) is 7.32. The topological polar surface area (TPSA) is 60.9 Å². The van der Waals surface area contributed by atoms with Gasteiger partial charge in [-0.25, -0.2) is 4.98 Å². The smallest absolute Gasteiger partial charge is 0.236 e. The highest BCUT2D eigenvalue weighted by Crippen LogP contribution is 2.16. The quantitative estimate of drug-likeness (QED) is 0.917. The van der Waals surface area contributed by atoms with E-state index in [9.17, 15) is 4.79 Å². The van der Waals surface area contributed by atoms with Gasteiger partial charge in [0.15, 0.2) is 0 Å². The Bertz CT molecular complexity index is 551. The number of nitrogens with zero attached hydrogens (tertiary/aromatic N) is 2. The van der Waals surface area contributed by atoms with Crippen LogP contribution >= 0.6 is 11.6 Å². The fourth-order valence-corrected chi connectivity index (χ4v) is 1.88. The van der Waals surface area contributed by atoms with Gasteiger partial charge < -0.3 is 5.73 Å². The average molecular weight is 264 g/mol. The Hall–Kier alpha value is -1.65. The molecule has 0 aliphatic carbocycles. The first-order valence-electron chi connectivity index (χ1n) is 5.70. The molecule has 94 valence electrons. The summed E-state index contributed by atoms with van der Waals surface area (Å²) in [7, 11) is 0. The lowest BCUT2D eigenvalue weighted by molar-refractivity contribution is 0.0914. The minimum absolute atomic E-state index is 0.0566. The highest BCUT2D eigenvalue weighted by molar-refractivity contribution is 6.31. The van der Waals surface area contributed by atoms with Crippen LogP contribution < -0.4 is 5.73 Å². The molecule has 4 nitrogen and oxygen atoms in total. The highest BCUT2D eigenvalue weighted by atomic mass is 35.5. The Balaban J connectivity index is 2.10. The van der Waals surface area contributed by atoms with Crippen LogP contribution in [-0.4, -0.2) is 22.0 Å². The molecular weight excluding hydrogens is 250 g/mol. The number of nitrogens with two attached hydrogens (primary N) is 1. The van der Waals surface area contributed by atoms with Gasteiger partial charge in [0, 0.05) is 17.6 Å². The third kappa shape index (κ3) is 2.97. The summed E-state index contributed by atoms with van der Waals surface area (Å²) in [4.78, 5) is 16.1. The summed E-state index contributed by atoms with van der Waals surface area (Å²) in [6.07, 6.45) is 4.17. The summed E-state index contributed by atoms with van der Waals surface area (Å²) in [5.74, 6) is -0.0566. The molecule has 0 aliphatic rings. The van der Waals surface area contributed by atoms with E-state index in [4.69, 9.17) is 17.3 Å². The van der Waals surface area contributed by atoms with Crippen molar-refractivity contribution in [3.8, 4) is 0 Å². The monoisotopic (exact) mass is 263 g/mol. The molecule has 0 saturated heterocycles. The lowest BCUT2D eigenvalue weighted by atomic mass is 10.1. The summed E-state index contributed by atoms with van der Waals surface area (Å²) in [5, 5.41) is 0.605. The van der Waals surface area contributed by atoms with Crippen LogP contribution in [0.4, 0.5) is 0 Å². The molecule has 1 heterocycles. The van der Waals surface area contributed by atoms with E-state index in [0.29, 0.717) is 18.0 Å². The Kier molecular flexibility index (Phi) is 4.12. The molecular formula is C13H14ClN3O. The van der Waals surface area contributed by atoms with Crippen molar-refractivity contribution in [1.29, 1.82) is 0 Å². The van der Waals surface area contributed by atoms with Crippen molar-refractivity contribution in [2.75, 3.05) is 6.54 Å². The first-order chi connectivity index (χ1) is 8.70. The molecule has 1 aromatic carbocycles. The Labute approximate surface area is 110 Å². The minimum atomic E-state index is -0.0566. The van der Waals surface area contributed by atoms with Gasteiger partial charge in [-0.3, -0.25) is 9.36 Å². The van der Waals surface area contributed by atoms with Gasteiger partial charge in [0.05, 0.1) is 12.1 Å². The summed E-state index contributed by atoms with van der Waals surface area (Å²) in [5.41, 5.74) is 7.08. The van der Waals surface area contributed by atoms with Crippen molar-refractivity contribution in [1.82, 2.24) is 9.55 Å². The van der Waals surface area contributed by atoms with E-state index in [1.54, 1.807) is 12.3 Å². The highest BCUT2D eigenvalue weighted by Gasteiger charge is 2.09. The maximum absolute atomic E-state index is 12.0. The van der Waals surface area contributed by atoms with Gasteiger partial charge in [-0.2, -0.15) is 0 Å². The molecule has 0 saturated carbocycles. The van der Waals surface area contributed by atoms with E-state index in [0.717, 1.165) is 11.3 Å². The van der Waals surface area contributed by atoms with Crippen LogP contribution in [0.2, 0.25) is 5.02 Å². The number of rotatable bonds is 4. The molecule has 0 spiro atoms. The molecule has 0 radical (unpaired) electrons. The maximum Gasteiger partial charge on any atom is 0.236 e. The van der Waals surface area contributed by atoms with E-state index in [-0.39, 0.29) is 12.3 Å². The van der Waals surface area contributed by atoms with Crippen LogP contribution in [0, 0.1) is 0 Å². The molecule has 2 rings (SSSR count). The number of hydrogen-bond acceptors (Lipinski definition) is 3. The maximum atomic E-state index is 12.0. The number of aromatic nitrogens is 2. The molecule has 18 heavy (non-hydrogen) atoms. The second-order valence-electron chi connectivity index (χ2n) is 3.97. The van der Waals surface area contributed by atoms with E-state index in [2.05, 4.69) is 4.98 Å². The van der Waals surface area contributed by atoms with Gasteiger partial charge in [0.1, 0.15) is 6.33 Å². The number of carbonyl (C=O) groups is 1. The minimum Gasteiger partial charge on any atom is -0.330 e. The zero-order chi connectivity index (χ0) is 13.0. The zero-order valence-electron chi connectivity index (χ0n) is 9.84. The lowest BCUT2D eigenvalue weighted by Gasteiger charge is -2.03. The van der Waals surface area contributed by atoms with Crippen LogP contribution in [0.5, 0.6) is 0 Å². The number of halogens is 1. The fourth-order valence-electron chi connectivity index (χ4n) is 1.67. The zero-order valence-corrected chi connectivity index (χ0v) is 10.6. The van der Waals surface area contributed by atoms with Gasteiger partial charge in [0.25, 0.3) is 0 Å². The molecule has 5 heteroatoms. The predicted molar refractivity (Wildman–Crippen MR) is 70.8 cm³/mol. The molecule has 0 atom stereocenters. The van der Waals surface area contributed by atoms with E-state index >= 15 is 0 Å². The van der Waals surface area contributed by atoms with Crippen LogP contribution in [0.15, 0.2) is 36.8 Å². The molecule has 0 unspecified atom stereocenters. The van der Waals surface area contributed by atoms with Crippen molar-refractivity contribution in [3.63, 3.8) is 0 Å². The SMILES string of the molecule is NCCc1cn(C(=O)Cc2ccccc2Cl)cn1. The fraction of sp³-hybridized carbons (Fsp3) is 0.231. The van der Waals surface area contributed by atoms with Crippen molar-refractivity contribution in [2.45, 2.75) is 12.8 Å². The van der Waals surface area contributed by atoms with Gasteiger partial charge in [0.2, 0.25) is 5.91 Å². The molecule has 0 bridgehead atoms. The lowest BCUT2D eigenvalue weighted by Crippen LogP contribution is -2.12. The van der Waals surface area contributed by atoms with Crippen LogP contribution in [-0.2, 0) is 12.8 Å². The van der Waals surface area contributed by atoms with Gasteiger partial charge in [-0.05, 0) is 18.2 Å². The first-order valence-corrected chi connectivity index (χ1v) is 6.08. The van der Waals surface area contributed by atoms with Crippen molar-refractivity contribution >= 4 is 17.5 Å². The largest absolute Gasteiger partial charge is 0.330 e. The second-order valence-corrected chi connectivity index (χ2v) is 4.38. The second kappa shape index (κ2) is 5.80. The molecule has 1 aromatic heterocycles. The molecule has 2 N–H and O–H groups in total. The molecule has 0 aliphatic heterocycles. The van der Waals surface area contributed by atoms with E-state index in [1.807, 2.05) is 18.2 Å². The number of carbonyl (C=O) groups excluding carboxylic acids is 1. The molecule has 0 amide bonds. The third-order valence-electron chi connectivity index (χ3n) is 2.62. The Morgan fingerprint density at radius 3 is 2.89 bits per heavy atom. The number of benzene rings is 1. The van der Waals surface area contributed by atoms with Crippen molar-refractivity contribution in [2.24, 2.45) is 5.73 Å². The summed E-state index contributed by atoms with van der Waals surface area (Å²) >= 11 is 6.02. The van der Waals surface area contributed by atoms with Crippen LogP contribution in [0.1, 0.15) is 16.1 Å². The van der Waals surface area contributed by atoms with Gasteiger partial charge in [-0.15, -0.1) is 0 Å². The molecule has 2 aromatic rings. The normalized spacial score (nSPS) is 10.6. The Morgan fingerprint density at radius 1 is 1.39 bits per heavy atom. The van der Waals surface area contributed by atoms with E-state index < -0.39 is 0 Å². The predicted octanol–water partition coefficient (Wildman–Crippen LogP) is 1.92. The summed E-state index contributed by atoms with van der Waals surface area (Å²) in [6.45, 7) is 0.524. The van der Waals surface area contributed by atoms with Crippen molar-refractivity contribution in [3.05, 3.63) is 53.1 Å². The first kappa shape index (κ1) is 12.8.